The molecule has 1 aromatic rings. The average Bonchev–Trinajstić information content (AvgIpc) is 2.11. The first-order valence-corrected chi connectivity index (χ1v) is 4.77. The van der Waals surface area contributed by atoms with Crippen molar-refractivity contribution in [2.45, 2.75) is 20.3 Å². The fraction of sp³-hybridized carbons (Fsp3) is 0.273. The Labute approximate surface area is 107 Å². The Balaban J connectivity index is 0. The van der Waals surface area contributed by atoms with Gasteiger partial charge in [-0.05, 0) is 30.5 Å². The highest BCUT2D eigenvalue weighted by atomic mass is 35.5. The molecule has 0 heterocycles. The van der Waals surface area contributed by atoms with Gasteiger partial charge in [0.25, 0.3) is 0 Å². The normalized spacial score (nSPS) is 8.35. The lowest BCUT2D eigenvalue weighted by atomic mass is 10.0. The van der Waals surface area contributed by atoms with Crippen molar-refractivity contribution in [1.82, 2.24) is 0 Å². The Morgan fingerprint density at radius 1 is 1.24 bits per heavy atom. The molecular weight excluding hydrogens is 240 g/mol. The summed E-state index contributed by atoms with van der Waals surface area (Å²) in [6.07, 6.45) is 0.341. The lowest BCUT2D eigenvalue weighted by Crippen LogP contribution is -3.00. The van der Waals surface area contributed by atoms with E-state index in [0.717, 1.165) is 11.1 Å². The second-order valence-electron chi connectivity index (χ2n) is 3.46. The van der Waals surface area contributed by atoms with E-state index in [1.54, 1.807) is 0 Å². The third-order valence-corrected chi connectivity index (χ3v) is 2.08. The Hall–Kier alpha value is -1.75. The summed E-state index contributed by atoms with van der Waals surface area (Å²) in [5.41, 5.74) is 17.4. The molecule has 17 heavy (non-hydrogen) atoms. The lowest BCUT2D eigenvalue weighted by molar-refractivity contribution is -0.117. The summed E-state index contributed by atoms with van der Waals surface area (Å²) >= 11 is 0. The number of carbonyl (C=O) groups excluding carboxylic acids is 1. The number of primary amides is 1. The number of benzene rings is 1. The highest BCUT2D eigenvalue weighted by Crippen LogP contribution is 2.12. The minimum Gasteiger partial charge on any atom is -1.00 e. The summed E-state index contributed by atoms with van der Waals surface area (Å²) in [4.78, 5) is 10.7. The number of rotatable bonds is 2. The molecule has 6 heteroatoms. The second-order valence-corrected chi connectivity index (χ2v) is 3.46. The van der Waals surface area contributed by atoms with Crippen molar-refractivity contribution in [3.63, 3.8) is 0 Å². The lowest BCUT2D eigenvalue weighted by Gasteiger charge is -2.05. The highest BCUT2D eigenvalue weighted by Gasteiger charge is 2.02. The van der Waals surface area contributed by atoms with Crippen LogP contribution in [0.1, 0.15) is 16.7 Å². The van der Waals surface area contributed by atoms with Crippen molar-refractivity contribution in [3.05, 3.63) is 34.9 Å². The predicted octanol–water partition coefficient (Wildman–Crippen LogP) is -2.83. The molecule has 0 aliphatic rings. The molecule has 0 aromatic heterocycles. The van der Waals surface area contributed by atoms with E-state index in [-0.39, 0.29) is 24.3 Å². The van der Waals surface area contributed by atoms with Gasteiger partial charge in [0.1, 0.15) is 0 Å². The molecule has 1 rings (SSSR count). The third kappa shape index (κ3) is 8.10. The van der Waals surface area contributed by atoms with Crippen LogP contribution in [0.25, 0.3) is 0 Å². The van der Waals surface area contributed by atoms with Gasteiger partial charge in [-0.1, -0.05) is 18.2 Å². The first-order valence-electron chi connectivity index (χ1n) is 4.77. The van der Waals surface area contributed by atoms with Crippen LogP contribution in [-0.2, 0) is 11.2 Å². The van der Waals surface area contributed by atoms with Crippen molar-refractivity contribution in [2.75, 3.05) is 0 Å². The topological polar surface area (TPSA) is 119 Å². The fourth-order valence-corrected chi connectivity index (χ4v) is 1.19. The number of carbonyl (C=O) groups is 1. The molecule has 1 amide bonds. The maximum atomic E-state index is 10.7. The quantitative estimate of drug-likeness (QED) is 0.338. The van der Waals surface area contributed by atoms with Crippen LogP contribution in [0, 0.1) is 19.3 Å². The molecule has 0 aliphatic carbocycles. The van der Waals surface area contributed by atoms with Crippen LogP contribution in [0.5, 0.6) is 0 Å². The average molecular weight is 258 g/mol. The summed E-state index contributed by atoms with van der Waals surface area (Å²) in [5, 5.41) is 6.06. The Morgan fingerprint density at radius 2 is 1.71 bits per heavy atom. The highest BCUT2D eigenvalue weighted by molar-refractivity contribution is 5.77. The molecule has 0 saturated carbocycles. The van der Waals surface area contributed by atoms with Gasteiger partial charge in [0.2, 0.25) is 5.91 Å². The zero-order valence-electron chi connectivity index (χ0n) is 9.96. The van der Waals surface area contributed by atoms with Crippen molar-refractivity contribution in [3.8, 4) is 0 Å². The number of hydrogen-bond donors (Lipinski definition) is 4. The molecule has 0 bridgehead atoms. The monoisotopic (exact) mass is 257 g/mol. The number of aryl methyl sites for hydroxylation is 1. The third-order valence-electron chi connectivity index (χ3n) is 2.08. The SMILES string of the molecule is Cc1cccc(CC(N)=O)c1C.N=C(N)N.[Cl-]. The van der Waals surface area contributed by atoms with Crippen LogP contribution in [0.15, 0.2) is 18.2 Å². The first kappa shape index (κ1) is 17.6. The van der Waals surface area contributed by atoms with Gasteiger partial charge in [-0.2, -0.15) is 0 Å². The van der Waals surface area contributed by atoms with Gasteiger partial charge in [-0.15, -0.1) is 0 Å². The molecule has 0 unspecified atom stereocenters. The van der Waals surface area contributed by atoms with Crippen LogP contribution < -0.4 is 29.6 Å². The molecule has 0 atom stereocenters. The number of hydrogen-bond acceptors (Lipinski definition) is 2. The van der Waals surface area contributed by atoms with Crippen molar-refractivity contribution in [2.24, 2.45) is 17.2 Å². The van der Waals surface area contributed by atoms with E-state index in [9.17, 15) is 4.79 Å². The van der Waals surface area contributed by atoms with Crippen LogP contribution >= 0.6 is 0 Å². The van der Waals surface area contributed by atoms with E-state index < -0.39 is 0 Å². The van der Waals surface area contributed by atoms with Crippen LogP contribution in [-0.4, -0.2) is 11.9 Å². The maximum Gasteiger partial charge on any atom is 0.221 e. The standard InChI is InChI=1S/C10H13NO.CH5N3.ClH/c1-7-4-3-5-9(8(7)2)6-10(11)12;2-1(3)4;/h3-5H,6H2,1-2H3,(H2,11,12);(H5,2,3,4);1H/p-1. The summed E-state index contributed by atoms with van der Waals surface area (Å²) in [6, 6.07) is 5.91. The molecule has 0 aliphatic heterocycles. The molecule has 0 radical (unpaired) electrons. The van der Waals surface area contributed by atoms with E-state index in [1.807, 2.05) is 32.0 Å². The summed E-state index contributed by atoms with van der Waals surface area (Å²) in [7, 11) is 0. The number of nitrogens with two attached hydrogens (primary N) is 3. The minimum absolute atomic E-state index is 0. The van der Waals surface area contributed by atoms with E-state index >= 15 is 0 Å². The summed E-state index contributed by atoms with van der Waals surface area (Å²) in [6.45, 7) is 4.04. The zero-order chi connectivity index (χ0) is 12.7. The van der Waals surface area contributed by atoms with Crippen LogP contribution in [0.3, 0.4) is 0 Å². The number of amides is 1. The van der Waals surface area contributed by atoms with E-state index in [1.165, 1.54) is 5.56 Å². The predicted molar refractivity (Wildman–Crippen MR) is 64.9 cm³/mol. The fourth-order valence-electron chi connectivity index (χ4n) is 1.19. The molecule has 0 saturated heterocycles. The van der Waals surface area contributed by atoms with Crippen molar-refractivity contribution >= 4 is 11.9 Å². The minimum atomic E-state index is -0.333. The maximum absolute atomic E-state index is 10.7. The van der Waals surface area contributed by atoms with E-state index in [2.05, 4.69) is 11.5 Å². The van der Waals surface area contributed by atoms with Gasteiger partial charge < -0.3 is 29.6 Å². The molecule has 96 valence electrons. The van der Waals surface area contributed by atoms with Gasteiger partial charge >= 0.3 is 0 Å². The molecule has 1 aromatic carbocycles. The Morgan fingerprint density at radius 3 is 2.12 bits per heavy atom. The molecule has 7 N–H and O–H groups in total. The van der Waals surface area contributed by atoms with Gasteiger partial charge in [-0.25, -0.2) is 0 Å². The second kappa shape index (κ2) is 8.41. The molecule has 0 fully saturated rings. The van der Waals surface area contributed by atoms with E-state index in [4.69, 9.17) is 11.1 Å². The van der Waals surface area contributed by atoms with Gasteiger partial charge in [0.05, 0.1) is 6.42 Å². The molecular formula is C11H18ClN4O-. The van der Waals surface area contributed by atoms with Gasteiger partial charge in [0.15, 0.2) is 5.96 Å². The Kier molecular flexibility index (Phi) is 8.72. The molecule has 5 nitrogen and oxygen atoms in total. The molecule has 0 spiro atoms. The summed E-state index contributed by atoms with van der Waals surface area (Å²) < 4.78 is 0. The smallest absolute Gasteiger partial charge is 0.221 e. The van der Waals surface area contributed by atoms with Crippen LogP contribution in [0.4, 0.5) is 0 Å². The van der Waals surface area contributed by atoms with Gasteiger partial charge in [-0.3, -0.25) is 10.2 Å². The van der Waals surface area contributed by atoms with E-state index in [0.29, 0.717) is 6.42 Å². The van der Waals surface area contributed by atoms with Crippen molar-refractivity contribution in [1.29, 1.82) is 5.41 Å². The number of nitrogens with one attached hydrogen (secondary N) is 1. The first-order chi connectivity index (χ1) is 7.34. The Bertz CT molecular complexity index is 389. The van der Waals surface area contributed by atoms with Crippen molar-refractivity contribution < 1.29 is 17.2 Å². The van der Waals surface area contributed by atoms with Gasteiger partial charge in [0, 0.05) is 0 Å². The number of guanidine groups is 1. The van der Waals surface area contributed by atoms with Crippen LogP contribution in [0.2, 0.25) is 0 Å². The summed E-state index contributed by atoms with van der Waals surface area (Å²) in [5.74, 6) is -0.608. The largest absolute Gasteiger partial charge is 1.00 e. The number of halogens is 1. The zero-order valence-corrected chi connectivity index (χ0v) is 10.7.